The highest BCUT2D eigenvalue weighted by Crippen LogP contribution is 2.29. The second kappa shape index (κ2) is 5.77. The molecule has 1 aromatic rings. The number of nitrogens with two attached hydrogens (primary N) is 1. The summed E-state index contributed by atoms with van der Waals surface area (Å²) in [5.41, 5.74) is 6.19. The van der Waals surface area contributed by atoms with E-state index in [0.29, 0.717) is 6.54 Å². The minimum absolute atomic E-state index is 0.0798. The highest BCUT2D eigenvalue weighted by atomic mass is 16.2. The molecule has 94 valence electrons. The number of aromatic nitrogens is 1. The molecule has 4 heteroatoms. The molecule has 1 rings (SSSR count). The predicted molar refractivity (Wildman–Crippen MR) is 69.7 cm³/mol. The molecule has 0 spiro atoms. The fourth-order valence-electron chi connectivity index (χ4n) is 1.97. The van der Waals surface area contributed by atoms with Crippen molar-refractivity contribution in [3.63, 3.8) is 0 Å². The molecule has 0 radical (unpaired) electrons. The van der Waals surface area contributed by atoms with Crippen LogP contribution in [0.1, 0.15) is 26.7 Å². The second-order valence-corrected chi connectivity index (χ2v) is 4.26. The molecule has 1 heterocycles. The van der Waals surface area contributed by atoms with Gasteiger partial charge in [0.2, 0.25) is 5.91 Å². The van der Waals surface area contributed by atoms with Crippen LogP contribution in [-0.4, -0.2) is 24.5 Å². The average Bonchev–Trinajstić information content (AvgIpc) is 2.41. The third-order valence-corrected chi connectivity index (χ3v) is 3.55. The lowest BCUT2D eigenvalue weighted by molar-refractivity contribution is -0.127. The number of hydrogen-bond donors (Lipinski definition) is 1. The van der Waals surface area contributed by atoms with Crippen LogP contribution in [0.15, 0.2) is 24.5 Å². The first-order valence-corrected chi connectivity index (χ1v) is 5.99. The molecule has 0 aliphatic rings. The van der Waals surface area contributed by atoms with Crippen molar-refractivity contribution in [2.75, 3.05) is 18.5 Å². The summed E-state index contributed by atoms with van der Waals surface area (Å²) in [6.45, 7) is 4.40. The molecule has 4 nitrogen and oxygen atoms in total. The zero-order valence-corrected chi connectivity index (χ0v) is 10.8. The first-order chi connectivity index (χ1) is 8.11. The monoisotopic (exact) mass is 235 g/mol. The average molecular weight is 235 g/mol. The summed E-state index contributed by atoms with van der Waals surface area (Å²) in [5.74, 6) is 0.0798. The van der Waals surface area contributed by atoms with Crippen LogP contribution < -0.4 is 10.6 Å². The molecule has 0 fully saturated rings. The standard InChI is InChI=1S/C13H21N3O/c1-4-13(5-2,10-14)12(17)16(3)11-6-8-15-9-7-11/h6-9H,4-5,10,14H2,1-3H3. The van der Waals surface area contributed by atoms with Crippen LogP contribution in [0.5, 0.6) is 0 Å². The van der Waals surface area contributed by atoms with Crippen LogP contribution in [0, 0.1) is 5.41 Å². The summed E-state index contributed by atoms with van der Waals surface area (Å²) in [4.78, 5) is 18.1. The zero-order chi connectivity index (χ0) is 12.9. The molecule has 0 saturated heterocycles. The summed E-state index contributed by atoms with van der Waals surface area (Å²) in [7, 11) is 1.79. The maximum absolute atomic E-state index is 12.5. The Morgan fingerprint density at radius 2 is 1.88 bits per heavy atom. The Balaban J connectivity index is 2.96. The van der Waals surface area contributed by atoms with Gasteiger partial charge in [0.05, 0.1) is 5.41 Å². The summed E-state index contributed by atoms with van der Waals surface area (Å²) >= 11 is 0. The molecule has 2 N–H and O–H groups in total. The van der Waals surface area contributed by atoms with E-state index in [1.807, 2.05) is 26.0 Å². The highest BCUT2D eigenvalue weighted by Gasteiger charge is 2.35. The summed E-state index contributed by atoms with van der Waals surface area (Å²) in [6, 6.07) is 3.65. The van der Waals surface area contributed by atoms with Crippen molar-refractivity contribution < 1.29 is 4.79 Å². The highest BCUT2D eigenvalue weighted by molar-refractivity contribution is 5.97. The molecule has 0 unspecified atom stereocenters. The summed E-state index contributed by atoms with van der Waals surface area (Å²) < 4.78 is 0. The van der Waals surface area contributed by atoms with Crippen LogP contribution in [0.25, 0.3) is 0 Å². The summed E-state index contributed by atoms with van der Waals surface area (Å²) in [6.07, 6.45) is 4.88. The molecule has 0 aromatic carbocycles. The number of anilines is 1. The van der Waals surface area contributed by atoms with Gasteiger partial charge in [-0.3, -0.25) is 9.78 Å². The lowest BCUT2D eigenvalue weighted by Gasteiger charge is -2.33. The van der Waals surface area contributed by atoms with Gasteiger partial charge >= 0.3 is 0 Å². The number of carbonyl (C=O) groups excluding carboxylic acids is 1. The largest absolute Gasteiger partial charge is 0.329 e. The summed E-state index contributed by atoms with van der Waals surface area (Å²) in [5, 5.41) is 0. The van der Waals surface area contributed by atoms with E-state index in [-0.39, 0.29) is 5.91 Å². The van der Waals surface area contributed by atoms with Gasteiger partial charge in [-0.1, -0.05) is 13.8 Å². The molecule has 0 aliphatic heterocycles. The minimum Gasteiger partial charge on any atom is -0.329 e. The Morgan fingerprint density at radius 1 is 1.35 bits per heavy atom. The van der Waals surface area contributed by atoms with Crippen molar-refractivity contribution in [1.82, 2.24) is 4.98 Å². The van der Waals surface area contributed by atoms with Crippen LogP contribution in [0.3, 0.4) is 0 Å². The van der Waals surface area contributed by atoms with Gasteiger partial charge in [-0.25, -0.2) is 0 Å². The van der Waals surface area contributed by atoms with Crippen molar-refractivity contribution in [2.24, 2.45) is 11.1 Å². The van der Waals surface area contributed by atoms with E-state index < -0.39 is 5.41 Å². The van der Waals surface area contributed by atoms with Crippen molar-refractivity contribution in [1.29, 1.82) is 0 Å². The Kier molecular flexibility index (Phi) is 4.63. The first-order valence-electron chi connectivity index (χ1n) is 5.99. The van der Waals surface area contributed by atoms with Crippen LogP contribution in [0.2, 0.25) is 0 Å². The van der Waals surface area contributed by atoms with Gasteiger partial charge in [-0.15, -0.1) is 0 Å². The van der Waals surface area contributed by atoms with Crippen molar-refractivity contribution >= 4 is 11.6 Å². The van der Waals surface area contributed by atoms with Crippen LogP contribution >= 0.6 is 0 Å². The fourth-order valence-corrected chi connectivity index (χ4v) is 1.97. The van der Waals surface area contributed by atoms with Crippen molar-refractivity contribution in [2.45, 2.75) is 26.7 Å². The number of carbonyl (C=O) groups is 1. The van der Waals surface area contributed by atoms with Gasteiger partial charge < -0.3 is 10.6 Å². The van der Waals surface area contributed by atoms with Gasteiger partial charge in [0, 0.05) is 31.7 Å². The number of amides is 1. The number of hydrogen-bond acceptors (Lipinski definition) is 3. The predicted octanol–water partition coefficient (Wildman–Crippen LogP) is 1.81. The SMILES string of the molecule is CCC(CC)(CN)C(=O)N(C)c1ccncc1. The van der Waals surface area contributed by atoms with E-state index in [2.05, 4.69) is 4.98 Å². The van der Waals surface area contributed by atoms with E-state index in [4.69, 9.17) is 5.73 Å². The smallest absolute Gasteiger partial charge is 0.234 e. The van der Waals surface area contributed by atoms with Gasteiger partial charge in [0.1, 0.15) is 0 Å². The van der Waals surface area contributed by atoms with Crippen LogP contribution in [0.4, 0.5) is 5.69 Å². The third-order valence-electron chi connectivity index (χ3n) is 3.55. The molecular formula is C13H21N3O. The number of rotatable bonds is 5. The molecule has 0 saturated carbocycles. The fraction of sp³-hybridized carbons (Fsp3) is 0.538. The van der Waals surface area contributed by atoms with Crippen molar-refractivity contribution in [3.8, 4) is 0 Å². The normalized spacial score (nSPS) is 11.3. The molecule has 17 heavy (non-hydrogen) atoms. The number of pyridine rings is 1. The molecule has 1 amide bonds. The van der Waals surface area contributed by atoms with Gasteiger partial charge in [-0.05, 0) is 25.0 Å². The molecule has 1 aromatic heterocycles. The van der Waals surface area contributed by atoms with E-state index in [1.54, 1.807) is 24.3 Å². The van der Waals surface area contributed by atoms with E-state index >= 15 is 0 Å². The third kappa shape index (κ3) is 2.64. The van der Waals surface area contributed by atoms with Crippen LogP contribution in [-0.2, 0) is 4.79 Å². The Morgan fingerprint density at radius 3 is 2.29 bits per heavy atom. The second-order valence-electron chi connectivity index (χ2n) is 4.26. The Hall–Kier alpha value is -1.42. The minimum atomic E-state index is -0.446. The first kappa shape index (κ1) is 13.6. The van der Waals surface area contributed by atoms with Gasteiger partial charge in [0.15, 0.2) is 0 Å². The Labute approximate surface area is 103 Å². The molecular weight excluding hydrogens is 214 g/mol. The maximum Gasteiger partial charge on any atom is 0.234 e. The van der Waals surface area contributed by atoms with Gasteiger partial charge in [0.25, 0.3) is 0 Å². The van der Waals surface area contributed by atoms with E-state index in [9.17, 15) is 4.79 Å². The molecule has 0 bridgehead atoms. The molecule has 0 atom stereocenters. The molecule has 0 aliphatic carbocycles. The van der Waals surface area contributed by atoms with E-state index in [1.165, 1.54) is 0 Å². The topological polar surface area (TPSA) is 59.2 Å². The van der Waals surface area contributed by atoms with Gasteiger partial charge in [-0.2, -0.15) is 0 Å². The lowest BCUT2D eigenvalue weighted by atomic mass is 9.81. The lowest BCUT2D eigenvalue weighted by Crippen LogP contribution is -2.46. The zero-order valence-electron chi connectivity index (χ0n) is 10.8. The Bertz CT molecular complexity index is 352. The van der Waals surface area contributed by atoms with Crippen molar-refractivity contribution in [3.05, 3.63) is 24.5 Å². The maximum atomic E-state index is 12.5. The number of nitrogens with zero attached hydrogens (tertiary/aromatic N) is 2. The van der Waals surface area contributed by atoms with E-state index in [0.717, 1.165) is 18.5 Å². The quantitative estimate of drug-likeness (QED) is 0.846.